The zero-order chi connectivity index (χ0) is 25.9. The van der Waals surface area contributed by atoms with Gasteiger partial charge in [0.15, 0.2) is 11.6 Å². The van der Waals surface area contributed by atoms with Crippen molar-refractivity contribution < 1.29 is 18.0 Å². The summed E-state index contributed by atoms with van der Waals surface area (Å²) in [6.45, 7) is 2.39. The number of primary amides is 1. The molecule has 1 aliphatic heterocycles. The summed E-state index contributed by atoms with van der Waals surface area (Å²) < 4.78 is 41.7. The van der Waals surface area contributed by atoms with Crippen LogP contribution in [0.3, 0.4) is 0 Å². The second-order valence-corrected chi connectivity index (χ2v) is 9.40. The maximum Gasteiger partial charge on any atom is 0.248 e. The highest BCUT2D eigenvalue weighted by Crippen LogP contribution is 2.36. The molecule has 7 heteroatoms. The van der Waals surface area contributed by atoms with Crippen LogP contribution < -0.4 is 5.73 Å². The van der Waals surface area contributed by atoms with E-state index in [1.807, 2.05) is 12.1 Å². The first-order valence-electron chi connectivity index (χ1n) is 12.2. The molecule has 1 aliphatic rings. The lowest BCUT2D eigenvalue weighted by atomic mass is 9.85. The Morgan fingerprint density at radius 3 is 2.14 bits per heavy atom. The number of hydrogen-bond acceptors (Lipinski definition) is 3. The van der Waals surface area contributed by atoms with Crippen molar-refractivity contribution >= 4 is 5.91 Å². The molecule has 1 aromatic heterocycles. The molecule has 2 heterocycles. The summed E-state index contributed by atoms with van der Waals surface area (Å²) in [5.74, 6) is -2.68. The number of pyridine rings is 1. The molecular formula is C30H26F3N3O. The average molecular weight is 502 g/mol. The lowest BCUT2D eigenvalue weighted by molar-refractivity contribution is 0.1000. The van der Waals surface area contributed by atoms with Crippen LogP contribution in [0.1, 0.15) is 40.2 Å². The van der Waals surface area contributed by atoms with E-state index in [0.29, 0.717) is 16.8 Å². The maximum atomic E-state index is 14.3. The smallest absolute Gasteiger partial charge is 0.248 e. The number of halogens is 3. The number of nitrogens with zero attached hydrogens (tertiary/aromatic N) is 2. The van der Waals surface area contributed by atoms with Gasteiger partial charge in [0.05, 0.1) is 5.69 Å². The zero-order valence-electron chi connectivity index (χ0n) is 20.1. The molecule has 0 atom stereocenters. The minimum absolute atomic E-state index is 0.0289. The third kappa shape index (κ3) is 5.57. The number of amides is 1. The summed E-state index contributed by atoms with van der Waals surface area (Å²) in [6, 6.07) is 20.1. The lowest BCUT2D eigenvalue weighted by Gasteiger charge is -2.33. The van der Waals surface area contributed by atoms with Gasteiger partial charge >= 0.3 is 0 Å². The number of carbonyl (C=O) groups excluding carboxylic acids is 1. The molecule has 4 aromatic rings. The number of aromatic nitrogens is 1. The number of rotatable bonds is 6. The minimum Gasteiger partial charge on any atom is -0.366 e. The quantitative estimate of drug-likeness (QED) is 0.337. The normalized spacial score (nSPS) is 14.6. The van der Waals surface area contributed by atoms with E-state index in [9.17, 15) is 18.0 Å². The van der Waals surface area contributed by atoms with Crippen molar-refractivity contribution in [2.75, 3.05) is 13.1 Å². The summed E-state index contributed by atoms with van der Waals surface area (Å²) in [6.07, 6.45) is 3.01. The van der Waals surface area contributed by atoms with E-state index in [2.05, 4.69) is 22.0 Å². The van der Waals surface area contributed by atoms with E-state index >= 15 is 0 Å². The molecule has 37 heavy (non-hydrogen) atoms. The Balaban J connectivity index is 1.29. The third-order valence-corrected chi connectivity index (χ3v) is 6.98. The summed E-state index contributed by atoms with van der Waals surface area (Å²) >= 11 is 0. The molecule has 188 valence electrons. The van der Waals surface area contributed by atoms with Gasteiger partial charge in [-0.2, -0.15) is 0 Å². The molecular weight excluding hydrogens is 475 g/mol. The predicted octanol–water partition coefficient (Wildman–Crippen LogP) is 6.31. The Morgan fingerprint density at radius 1 is 0.865 bits per heavy atom. The fourth-order valence-electron chi connectivity index (χ4n) is 4.96. The summed E-state index contributed by atoms with van der Waals surface area (Å²) in [5, 5.41) is 0. The van der Waals surface area contributed by atoms with Crippen LogP contribution in [0.25, 0.3) is 22.4 Å². The van der Waals surface area contributed by atoms with E-state index in [1.165, 1.54) is 42.1 Å². The van der Waals surface area contributed by atoms with Crippen LogP contribution in [-0.2, 0) is 6.54 Å². The number of benzene rings is 3. The Hall–Kier alpha value is -3.97. The first kappa shape index (κ1) is 24.7. The zero-order valence-corrected chi connectivity index (χ0v) is 20.1. The van der Waals surface area contributed by atoms with Gasteiger partial charge in [0.2, 0.25) is 5.91 Å². The van der Waals surface area contributed by atoms with Gasteiger partial charge < -0.3 is 5.73 Å². The molecule has 0 bridgehead atoms. The molecule has 0 unspecified atom stereocenters. The Labute approximate surface area is 213 Å². The van der Waals surface area contributed by atoms with Crippen molar-refractivity contribution in [1.82, 2.24) is 9.88 Å². The number of piperidine rings is 1. The van der Waals surface area contributed by atoms with Gasteiger partial charge in [-0.05, 0) is 90.5 Å². The minimum atomic E-state index is -0.952. The van der Waals surface area contributed by atoms with E-state index in [-0.39, 0.29) is 17.3 Å². The lowest BCUT2D eigenvalue weighted by Crippen LogP contribution is -2.32. The maximum absolute atomic E-state index is 14.3. The Morgan fingerprint density at radius 2 is 1.49 bits per heavy atom. The Kier molecular flexibility index (Phi) is 7.06. The van der Waals surface area contributed by atoms with Crippen LogP contribution >= 0.6 is 0 Å². The van der Waals surface area contributed by atoms with Crippen molar-refractivity contribution in [3.63, 3.8) is 0 Å². The Bertz CT molecular complexity index is 1410. The van der Waals surface area contributed by atoms with E-state index in [1.54, 1.807) is 12.1 Å². The molecule has 5 rings (SSSR count). The molecule has 0 saturated carbocycles. The van der Waals surface area contributed by atoms with Crippen molar-refractivity contribution in [2.24, 2.45) is 5.73 Å². The van der Waals surface area contributed by atoms with Gasteiger partial charge in [-0.25, -0.2) is 13.2 Å². The van der Waals surface area contributed by atoms with Crippen molar-refractivity contribution in [1.29, 1.82) is 0 Å². The average Bonchev–Trinajstić information content (AvgIpc) is 2.91. The molecule has 1 saturated heterocycles. The molecule has 0 radical (unpaired) electrons. The number of nitrogens with two attached hydrogens (primary N) is 1. The second-order valence-electron chi connectivity index (χ2n) is 9.40. The van der Waals surface area contributed by atoms with Crippen molar-refractivity contribution in [2.45, 2.75) is 25.3 Å². The van der Waals surface area contributed by atoms with E-state index in [0.717, 1.165) is 49.7 Å². The summed E-state index contributed by atoms with van der Waals surface area (Å²) in [7, 11) is 0. The number of likely N-dealkylation sites (tertiary alicyclic amines) is 1. The van der Waals surface area contributed by atoms with Crippen molar-refractivity contribution in [3.8, 4) is 22.4 Å². The highest BCUT2D eigenvalue weighted by molar-refractivity contribution is 5.93. The predicted molar refractivity (Wildman–Crippen MR) is 137 cm³/mol. The highest BCUT2D eigenvalue weighted by Gasteiger charge is 2.25. The fourth-order valence-corrected chi connectivity index (χ4v) is 4.96. The van der Waals surface area contributed by atoms with Crippen LogP contribution in [0, 0.1) is 17.5 Å². The largest absolute Gasteiger partial charge is 0.366 e. The van der Waals surface area contributed by atoms with Crippen LogP contribution in [0.2, 0.25) is 0 Å². The van der Waals surface area contributed by atoms with Gasteiger partial charge in [0.25, 0.3) is 0 Å². The third-order valence-electron chi connectivity index (χ3n) is 6.98. The van der Waals surface area contributed by atoms with Crippen molar-refractivity contribution in [3.05, 3.63) is 113 Å². The summed E-state index contributed by atoms with van der Waals surface area (Å²) in [4.78, 5) is 18.3. The van der Waals surface area contributed by atoms with E-state index < -0.39 is 17.5 Å². The summed E-state index contributed by atoms with van der Waals surface area (Å²) in [5.41, 5.74) is 10.4. The fraction of sp³-hybridized carbons (Fsp3) is 0.200. The van der Waals surface area contributed by atoms with Gasteiger partial charge in [-0.1, -0.05) is 36.4 Å². The molecule has 1 fully saturated rings. The van der Waals surface area contributed by atoms with Gasteiger partial charge in [0.1, 0.15) is 5.82 Å². The molecule has 2 N–H and O–H groups in total. The monoisotopic (exact) mass is 501 g/mol. The topological polar surface area (TPSA) is 59.2 Å². The van der Waals surface area contributed by atoms with Crippen LogP contribution in [0.4, 0.5) is 13.2 Å². The van der Waals surface area contributed by atoms with Crippen LogP contribution in [0.15, 0.2) is 79.0 Å². The van der Waals surface area contributed by atoms with Gasteiger partial charge in [-0.15, -0.1) is 0 Å². The highest BCUT2D eigenvalue weighted by atomic mass is 19.2. The van der Waals surface area contributed by atoms with Crippen LogP contribution in [-0.4, -0.2) is 28.9 Å². The molecule has 3 aromatic carbocycles. The first-order chi connectivity index (χ1) is 17.9. The second kappa shape index (κ2) is 10.6. The van der Waals surface area contributed by atoms with E-state index in [4.69, 9.17) is 5.73 Å². The molecule has 4 nitrogen and oxygen atoms in total. The molecule has 1 amide bonds. The number of hydrogen-bond donors (Lipinski definition) is 1. The first-order valence-corrected chi connectivity index (χ1v) is 12.2. The SMILES string of the molecule is NC(=O)c1ccnc(-c2cc(F)c(F)cc2C2CCN(Cc3ccc(-c4ccc(F)cc4)cc3)CC2)c1. The van der Waals surface area contributed by atoms with Gasteiger partial charge in [-0.3, -0.25) is 14.7 Å². The molecule has 0 spiro atoms. The standard InChI is InChI=1S/C30H26F3N3O/c31-24-7-5-21(6-8-24)20-3-1-19(2-4-20)18-36-13-10-22(11-14-36)25-16-27(32)28(33)17-26(25)29-15-23(30(34)37)9-12-35-29/h1-9,12,15-17,22H,10-11,13-14,18H2,(H2,34,37). The van der Waals surface area contributed by atoms with Crippen LogP contribution in [0.5, 0.6) is 0 Å². The van der Waals surface area contributed by atoms with Gasteiger partial charge in [0, 0.05) is 23.9 Å². The molecule has 0 aliphatic carbocycles. The number of carbonyl (C=O) groups is 1.